The molecular weight excluding hydrogens is 419 g/mol. The van der Waals surface area contributed by atoms with E-state index in [0.29, 0.717) is 12.1 Å². The Balaban J connectivity index is 0.00000450. The number of ether oxygens (including phenoxy) is 1. The van der Waals surface area contributed by atoms with Crippen LogP contribution in [-0.2, 0) is 16.0 Å². The Hall–Kier alpha value is -2.96. The van der Waals surface area contributed by atoms with Crippen LogP contribution in [0, 0.1) is 11.6 Å². The van der Waals surface area contributed by atoms with Gasteiger partial charge in [0.1, 0.15) is 12.4 Å². The van der Waals surface area contributed by atoms with Gasteiger partial charge < -0.3 is 15.2 Å². The van der Waals surface area contributed by atoms with E-state index in [9.17, 15) is 31.9 Å². The lowest BCUT2D eigenvalue weighted by Gasteiger charge is -2.23. The van der Waals surface area contributed by atoms with Gasteiger partial charge in [-0.1, -0.05) is 7.43 Å². The summed E-state index contributed by atoms with van der Waals surface area (Å²) in [5, 5.41) is 20.6. The maximum Gasteiger partial charge on any atom is 0.418 e. The third-order valence-electron chi connectivity index (χ3n) is 3.64. The Morgan fingerprint density at radius 2 is 1.77 bits per heavy atom. The fraction of sp³-hybridized carbons (Fsp3) is 0.278. The number of carbonyl (C=O) groups is 1. The van der Waals surface area contributed by atoms with E-state index < -0.39 is 47.2 Å². The normalized spacial score (nSPS) is 13.1. The lowest BCUT2D eigenvalue weighted by molar-refractivity contribution is -0.216. The Labute approximate surface area is 167 Å². The summed E-state index contributed by atoms with van der Waals surface area (Å²) in [5.74, 6) is -3.61. The predicted octanol–water partition coefficient (Wildman–Crippen LogP) is 4.20. The van der Waals surface area contributed by atoms with Gasteiger partial charge in [-0.15, -0.1) is 4.99 Å². The highest BCUT2D eigenvalue weighted by molar-refractivity contribution is 5.97. The molecule has 2 aromatic rings. The van der Waals surface area contributed by atoms with Crippen LogP contribution in [0.2, 0.25) is 0 Å². The Morgan fingerprint density at radius 1 is 1.10 bits per heavy atom. The molecule has 0 bridgehead atoms. The summed E-state index contributed by atoms with van der Waals surface area (Å²) >= 11 is 0. The van der Waals surface area contributed by atoms with Crippen LogP contribution in [0.5, 0.6) is 5.75 Å². The molecule has 166 valence electrons. The van der Waals surface area contributed by atoms with Gasteiger partial charge in [0.2, 0.25) is 0 Å². The minimum absolute atomic E-state index is 0. The van der Waals surface area contributed by atoms with Crippen LogP contribution in [0.4, 0.5) is 33.3 Å². The first kappa shape index (κ1) is 25.1. The van der Waals surface area contributed by atoms with Crippen molar-refractivity contribution in [1.82, 2.24) is 0 Å². The third kappa shape index (κ3) is 6.27. The van der Waals surface area contributed by atoms with E-state index in [4.69, 9.17) is 9.99 Å². The van der Waals surface area contributed by atoms with Gasteiger partial charge in [0.05, 0.1) is 11.3 Å². The number of rotatable bonds is 7. The topological polar surface area (TPSA) is 100 Å². The second kappa shape index (κ2) is 9.69. The zero-order valence-electron chi connectivity index (χ0n) is 14.7. The van der Waals surface area contributed by atoms with Crippen molar-refractivity contribution in [3.8, 4) is 5.75 Å². The molecule has 0 aromatic heterocycles. The maximum atomic E-state index is 13.1. The van der Waals surface area contributed by atoms with Crippen molar-refractivity contribution in [2.24, 2.45) is 0 Å². The summed E-state index contributed by atoms with van der Waals surface area (Å²) in [7, 11) is 0. The standard InChI is InChI=1S/C17H15F5N2O5.CH4/c1-16(26,8-28-10-3-4-12(18)13(19)7-10)15(25)23-9-2-5-14(24-29-27)11(6-9)17(20,21)22;/h2-7,24,26-27H,8H2,1H3,(H,23,25);1H4/t16-;/m0./s1. The lowest BCUT2D eigenvalue weighted by atomic mass is 10.1. The number of alkyl halides is 3. The fourth-order valence-electron chi connectivity index (χ4n) is 2.12. The number of amides is 1. The average molecular weight is 438 g/mol. The predicted molar refractivity (Wildman–Crippen MR) is 96.6 cm³/mol. The second-order valence-electron chi connectivity index (χ2n) is 6.04. The van der Waals surface area contributed by atoms with Gasteiger partial charge in [0.25, 0.3) is 5.91 Å². The van der Waals surface area contributed by atoms with E-state index in [1.54, 1.807) is 5.48 Å². The maximum absolute atomic E-state index is 13.1. The number of nitrogens with one attached hydrogen (secondary N) is 2. The number of benzene rings is 2. The van der Waals surface area contributed by atoms with Crippen molar-refractivity contribution >= 4 is 17.3 Å². The van der Waals surface area contributed by atoms with Crippen LogP contribution in [0.3, 0.4) is 0 Å². The lowest BCUT2D eigenvalue weighted by Crippen LogP contribution is -2.45. The molecule has 0 spiro atoms. The van der Waals surface area contributed by atoms with E-state index in [1.165, 1.54) is 0 Å². The third-order valence-corrected chi connectivity index (χ3v) is 3.64. The van der Waals surface area contributed by atoms with Crippen LogP contribution in [0.25, 0.3) is 0 Å². The Kier molecular flexibility index (Phi) is 8.10. The molecule has 2 rings (SSSR count). The highest BCUT2D eigenvalue weighted by atomic mass is 19.4. The van der Waals surface area contributed by atoms with Gasteiger partial charge in [-0.2, -0.15) is 13.2 Å². The van der Waals surface area contributed by atoms with Gasteiger partial charge >= 0.3 is 6.18 Å². The summed E-state index contributed by atoms with van der Waals surface area (Å²) in [6.07, 6.45) is -4.85. The highest BCUT2D eigenvalue weighted by Crippen LogP contribution is 2.36. The SMILES string of the molecule is C.C[C@](O)(COc1ccc(F)c(F)c1)C(=O)Nc1ccc(NOO)c(C(F)(F)F)c1. The van der Waals surface area contributed by atoms with Gasteiger partial charge in [0, 0.05) is 11.8 Å². The van der Waals surface area contributed by atoms with Crippen molar-refractivity contribution in [3.63, 3.8) is 0 Å². The van der Waals surface area contributed by atoms with Crippen molar-refractivity contribution < 1.29 is 46.8 Å². The van der Waals surface area contributed by atoms with E-state index in [0.717, 1.165) is 31.2 Å². The molecule has 0 aliphatic rings. The fourth-order valence-corrected chi connectivity index (χ4v) is 2.12. The average Bonchev–Trinajstić information content (AvgIpc) is 2.63. The molecule has 2 aromatic carbocycles. The van der Waals surface area contributed by atoms with Crippen LogP contribution < -0.4 is 15.5 Å². The molecule has 0 fully saturated rings. The molecule has 1 atom stereocenters. The number of halogens is 5. The van der Waals surface area contributed by atoms with Gasteiger partial charge in [-0.3, -0.25) is 4.79 Å². The summed E-state index contributed by atoms with van der Waals surface area (Å²) in [6.45, 7) is 0.316. The summed E-state index contributed by atoms with van der Waals surface area (Å²) in [5.41, 5.74) is -2.79. The van der Waals surface area contributed by atoms with Crippen LogP contribution in [0.1, 0.15) is 19.9 Å². The van der Waals surface area contributed by atoms with E-state index in [1.807, 2.05) is 0 Å². The monoisotopic (exact) mass is 438 g/mol. The van der Waals surface area contributed by atoms with Gasteiger partial charge in [0.15, 0.2) is 17.2 Å². The molecule has 0 unspecified atom stereocenters. The molecule has 0 saturated heterocycles. The van der Waals surface area contributed by atoms with Crippen molar-refractivity contribution in [3.05, 3.63) is 53.6 Å². The molecule has 0 radical (unpaired) electrons. The summed E-state index contributed by atoms with van der Waals surface area (Å²) < 4.78 is 70.3. The highest BCUT2D eigenvalue weighted by Gasteiger charge is 2.35. The number of carbonyl (C=O) groups excluding carboxylic acids is 1. The number of aliphatic hydroxyl groups is 1. The van der Waals surface area contributed by atoms with E-state index in [-0.39, 0.29) is 18.9 Å². The molecular formula is C18H19F5N2O5. The quantitative estimate of drug-likeness (QED) is 0.294. The molecule has 0 aliphatic heterocycles. The molecule has 7 nitrogen and oxygen atoms in total. The molecule has 0 heterocycles. The Morgan fingerprint density at radius 3 is 2.33 bits per heavy atom. The molecule has 0 saturated carbocycles. The zero-order chi connectivity index (χ0) is 21.8. The zero-order valence-corrected chi connectivity index (χ0v) is 14.7. The number of hydrogen-bond donors (Lipinski definition) is 4. The van der Waals surface area contributed by atoms with Gasteiger partial charge in [-0.05, 0) is 37.3 Å². The van der Waals surface area contributed by atoms with E-state index in [2.05, 4.69) is 10.3 Å². The molecule has 4 N–H and O–H groups in total. The summed E-state index contributed by atoms with van der Waals surface area (Å²) in [4.78, 5) is 15.7. The smallest absolute Gasteiger partial charge is 0.418 e. The van der Waals surface area contributed by atoms with Crippen LogP contribution in [-0.4, -0.2) is 28.5 Å². The largest absolute Gasteiger partial charge is 0.490 e. The van der Waals surface area contributed by atoms with Gasteiger partial charge in [-0.25, -0.2) is 19.5 Å². The van der Waals surface area contributed by atoms with Crippen molar-refractivity contribution in [2.75, 3.05) is 17.4 Å². The summed E-state index contributed by atoms with van der Waals surface area (Å²) in [6, 6.07) is 5.03. The minimum Gasteiger partial charge on any atom is -0.490 e. The molecule has 30 heavy (non-hydrogen) atoms. The molecule has 1 amide bonds. The van der Waals surface area contributed by atoms with Crippen molar-refractivity contribution in [2.45, 2.75) is 26.1 Å². The van der Waals surface area contributed by atoms with Crippen LogP contribution in [0.15, 0.2) is 36.4 Å². The first-order chi connectivity index (χ1) is 13.4. The first-order valence-corrected chi connectivity index (χ1v) is 7.83. The molecule has 12 heteroatoms. The van der Waals surface area contributed by atoms with Crippen molar-refractivity contribution in [1.29, 1.82) is 0 Å². The number of hydrogen-bond acceptors (Lipinski definition) is 6. The molecule has 0 aliphatic carbocycles. The Bertz CT molecular complexity index is 890. The van der Waals surface area contributed by atoms with Crippen LogP contribution >= 0.6 is 0 Å². The van der Waals surface area contributed by atoms with E-state index >= 15 is 0 Å². The minimum atomic E-state index is -4.85. The first-order valence-electron chi connectivity index (χ1n) is 7.83. The number of anilines is 2. The second-order valence-corrected chi connectivity index (χ2v) is 6.04.